The fourth-order valence-corrected chi connectivity index (χ4v) is 5.55. The van der Waals surface area contributed by atoms with Gasteiger partial charge in [-0.3, -0.25) is 14.0 Å². The van der Waals surface area contributed by atoms with E-state index in [9.17, 15) is 13.2 Å². The summed E-state index contributed by atoms with van der Waals surface area (Å²) >= 11 is 0. The Morgan fingerprint density at radius 3 is 2.55 bits per heavy atom. The fourth-order valence-electron chi connectivity index (χ4n) is 3.99. The molecular weight excluding hydrogens is 414 g/mol. The molecule has 1 heterocycles. The second kappa shape index (κ2) is 10.2. The molecule has 0 radical (unpaired) electrons. The number of carbonyl (C=O) groups excluding carboxylic acids is 1. The normalized spacial score (nSPS) is 16.3. The Bertz CT molecular complexity index is 1010. The lowest BCUT2D eigenvalue weighted by molar-refractivity contribution is 0.0935. The lowest BCUT2D eigenvalue weighted by Crippen LogP contribution is -2.38. The number of ether oxygens (including phenoxy) is 1. The van der Waals surface area contributed by atoms with Crippen LogP contribution in [0.4, 0.5) is 5.69 Å². The van der Waals surface area contributed by atoms with Gasteiger partial charge in [-0.15, -0.1) is 0 Å². The van der Waals surface area contributed by atoms with E-state index in [1.54, 1.807) is 31.4 Å². The molecule has 0 aromatic heterocycles. The topological polar surface area (TPSA) is 79.0 Å². The molecule has 2 aromatic carbocycles. The highest BCUT2D eigenvalue weighted by Gasteiger charge is 2.29. The van der Waals surface area contributed by atoms with Crippen molar-refractivity contribution in [2.24, 2.45) is 0 Å². The summed E-state index contributed by atoms with van der Waals surface area (Å²) in [5.41, 5.74) is 2.06. The molecule has 1 atom stereocenters. The Kier molecular flexibility index (Phi) is 7.56. The molecule has 1 aliphatic rings. The number of carbonyl (C=O) groups is 1. The van der Waals surface area contributed by atoms with Gasteiger partial charge in [-0.25, -0.2) is 8.42 Å². The van der Waals surface area contributed by atoms with Gasteiger partial charge in [0, 0.05) is 18.7 Å². The molecular formula is C23H31N3O4S. The molecule has 1 fully saturated rings. The number of nitrogens with one attached hydrogen (secondary N) is 1. The molecule has 0 bridgehead atoms. The van der Waals surface area contributed by atoms with Gasteiger partial charge in [0.2, 0.25) is 10.0 Å². The van der Waals surface area contributed by atoms with Gasteiger partial charge in [0.05, 0.1) is 24.6 Å². The third-order valence-corrected chi connectivity index (χ3v) is 7.55. The van der Waals surface area contributed by atoms with Crippen molar-refractivity contribution in [1.29, 1.82) is 0 Å². The summed E-state index contributed by atoms with van der Waals surface area (Å²) in [6, 6.07) is 14.7. The van der Waals surface area contributed by atoms with Gasteiger partial charge < -0.3 is 10.1 Å². The van der Waals surface area contributed by atoms with Crippen LogP contribution in [0.3, 0.4) is 0 Å². The Morgan fingerprint density at radius 1 is 1.16 bits per heavy atom. The van der Waals surface area contributed by atoms with Crippen molar-refractivity contribution in [2.75, 3.05) is 43.3 Å². The van der Waals surface area contributed by atoms with Crippen LogP contribution in [-0.2, 0) is 10.0 Å². The molecule has 1 aliphatic heterocycles. The third-order valence-electron chi connectivity index (χ3n) is 5.68. The fraction of sp³-hybridized carbons (Fsp3) is 0.435. The van der Waals surface area contributed by atoms with Crippen LogP contribution < -0.4 is 14.4 Å². The number of hydrogen-bond donors (Lipinski definition) is 1. The molecule has 1 saturated heterocycles. The van der Waals surface area contributed by atoms with Gasteiger partial charge in [0.1, 0.15) is 5.75 Å². The average molecular weight is 446 g/mol. The zero-order chi connectivity index (χ0) is 22.4. The SMILES string of the molecule is CCN(CC)C(CNC(=O)c1cccc(N2CCCS2(=O)=O)c1)c1cccc(OC)c1. The Labute approximate surface area is 185 Å². The van der Waals surface area contributed by atoms with Crippen LogP contribution in [-0.4, -0.2) is 58.3 Å². The van der Waals surface area contributed by atoms with Crippen molar-refractivity contribution < 1.29 is 17.9 Å². The zero-order valence-corrected chi connectivity index (χ0v) is 19.2. The standard InChI is InChI=1S/C23H31N3O4S/c1-4-25(5-2)22(18-9-7-12-21(16-18)30-3)17-24-23(27)19-10-6-11-20(15-19)26-13-8-14-31(26,28)29/h6-7,9-12,15-16,22H,4-5,8,13-14,17H2,1-3H3,(H,24,27). The number of sulfonamides is 1. The second-order valence-corrected chi connectivity index (χ2v) is 9.53. The summed E-state index contributed by atoms with van der Waals surface area (Å²) in [5.74, 6) is 0.703. The number of methoxy groups -OCH3 is 1. The first kappa shape index (κ1) is 23.1. The predicted molar refractivity (Wildman–Crippen MR) is 123 cm³/mol. The molecule has 168 valence electrons. The highest BCUT2D eigenvalue weighted by Crippen LogP contribution is 2.26. The third kappa shape index (κ3) is 5.37. The maximum absolute atomic E-state index is 12.9. The number of likely N-dealkylation sites (N-methyl/N-ethyl adjacent to an activating group) is 1. The second-order valence-electron chi connectivity index (χ2n) is 7.52. The van der Waals surface area contributed by atoms with E-state index in [1.807, 2.05) is 24.3 Å². The quantitative estimate of drug-likeness (QED) is 0.642. The molecule has 31 heavy (non-hydrogen) atoms. The van der Waals surface area contributed by atoms with Gasteiger partial charge in [-0.1, -0.05) is 32.0 Å². The van der Waals surface area contributed by atoms with E-state index in [0.717, 1.165) is 24.4 Å². The Morgan fingerprint density at radius 2 is 1.90 bits per heavy atom. The van der Waals surface area contributed by atoms with E-state index < -0.39 is 10.0 Å². The number of hydrogen-bond acceptors (Lipinski definition) is 5. The van der Waals surface area contributed by atoms with Crippen LogP contribution >= 0.6 is 0 Å². The summed E-state index contributed by atoms with van der Waals surface area (Å²) in [6.45, 7) is 6.76. The van der Waals surface area contributed by atoms with Gasteiger partial charge in [-0.05, 0) is 55.4 Å². The summed E-state index contributed by atoms with van der Waals surface area (Å²) in [4.78, 5) is 15.2. The van der Waals surface area contributed by atoms with E-state index in [4.69, 9.17) is 4.74 Å². The van der Waals surface area contributed by atoms with E-state index >= 15 is 0 Å². The number of rotatable bonds is 9. The van der Waals surface area contributed by atoms with E-state index in [1.165, 1.54) is 4.31 Å². The van der Waals surface area contributed by atoms with Crippen molar-refractivity contribution in [3.05, 3.63) is 59.7 Å². The average Bonchev–Trinajstić information content (AvgIpc) is 3.15. The molecule has 1 amide bonds. The summed E-state index contributed by atoms with van der Waals surface area (Å²) in [5, 5.41) is 3.03. The monoisotopic (exact) mass is 445 g/mol. The number of benzene rings is 2. The predicted octanol–water partition coefficient (Wildman–Crippen LogP) is 3.05. The molecule has 0 spiro atoms. The first-order chi connectivity index (χ1) is 14.9. The Balaban J connectivity index is 1.77. The van der Waals surface area contributed by atoms with Crippen LogP contribution in [0.15, 0.2) is 48.5 Å². The van der Waals surface area contributed by atoms with Crippen LogP contribution in [0.1, 0.15) is 42.2 Å². The van der Waals surface area contributed by atoms with Crippen molar-refractivity contribution in [2.45, 2.75) is 26.3 Å². The highest BCUT2D eigenvalue weighted by molar-refractivity contribution is 7.93. The van der Waals surface area contributed by atoms with E-state index in [2.05, 4.69) is 24.1 Å². The minimum absolute atomic E-state index is 0.00353. The minimum Gasteiger partial charge on any atom is -0.497 e. The van der Waals surface area contributed by atoms with Gasteiger partial charge in [0.15, 0.2) is 0 Å². The van der Waals surface area contributed by atoms with Crippen LogP contribution in [0.25, 0.3) is 0 Å². The summed E-state index contributed by atoms with van der Waals surface area (Å²) in [7, 11) is -1.65. The van der Waals surface area contributed by atoms with Crippen molar-refractivity contribution >= 4 is 21.6 Å². The van der Waals surface area contributed by atoms with Crippen LogP contribution in [0.5, 0.6) is 5.75 Å². The Hall–Kier alpha value is -2.58. The summed E-state index contributed by atoms with van der Waals surface area (Å²) in [6.07, 6.45) is 0.602. The largest absolute Gasteiger partial charge is 0.497 e. The van der Waals surface area contributed by atoms with Gasteiger partial charge >= 0.3 is 0 Å². The zero-order valence-electron chi connectivity index (χ0n) is 18.4. The van der Waals surface area contributed by atoms with Gasteiger partial charge in [0.25, 0.3) is 5.91 Å². The lowest BCUT2D eigenvalue weighted by Gasteiger charge is -2.30. The van der Waals surface area contributed by atoms with Crippen LogP contribution in [0.2, 0.25) is 0 Å². The number of anilines is 1. The molecule has 2 aromatic rings. The molecule has 1 unspecified atom stereocenters. The molecule has 7 nitrogen and oxygen atoms in total. The minimum atomic E-state index is -3.29. The maximum Gasteiger partial charge on any atom is 0.251 e. The van der Waals surface area contributed by atoms with Crippen molar-refractivity contribution in [1.82, 2.24) is 10.2 Å². The van der Waals surface area contributed by atoms with Gasteiger partial charge in [-0.2, -0.15) is 0 Å². The molecule has 3 rings (SSSR count). The molecule has 1 N–H and O–H groups in total. The van der Waals surface area contributed by atoms with E-state index in [0.29, 0.717) is 30.8 Å². The van der Waals surface area contributed by atoms with E-state index in [-0.39, 0.29) is 17.7 Å². The van der Waals surface area contributed by atoms with Crippen molar-refractivity contribution in [3.63, 3.8) is 0 Å². The lowest BCUT2D eigenvalue weighted by atomic mass is 10.0. The highest BCUT2D eigenvalue weighted by atomic mass is 32.2. The first-order valence-electron chi connectivity index (χ1n) is 10.7. The molecule has 8 heteroatoms. The molecule has 0 saturated carbocycles. The number of amides is 1. The molecule has 0 aliphatic carbocycles. The maximum atomic E-state index is 12.9. The van der Waals surface area contributed by atoms with Crippen LogP contribution in [0, 0.1) is 0 Å². The summed E-state index contributed by atoms with van der Waals surface area (Å²) < 4.78 is 31.2. The van der Waals surface area contributed by atoms with Crippen molar-refractivity contribution in [3.8, 4) is 5.75 Å². The first-order valence-corrected chi connectivity index (χ1v) is 12.3. The smallest absolute Gasteiger partial charge is 0.251 e. The number of nitrogens with zero attached hydrogens (tertiary/aromatic N) is 2.